The summed E-state index contributed by atoms with van der Waals surface area (Å²) in [6, 6.07) is 21.5. The van der Waals surface area contributed by atoms with Crippen molar-refractivity contribution < 1.29 is 9.72 Å². The normalized spacial score (nSPS) is 15.2. The van der Waals surface area contributed by atoms with Gasteiger partial charge in [0.05, 0.1) is 22.2 Å². The summed E-state index contributed by atoms with van der Waals surface area (Å²) >= 11 is 0. The molecule has 0 fully saturated rings. The lowest BCUT2D eigenvalue weighted by Crippen LogP contribution is -2.30. The number of ketones is 1. The van der Waals surface area contributed by atoms with E-state index in [1.807, 2.05) is 42.3 Å². The lowest BCUT2D eigenvalue weighted by Gasteiger charge is -2.37. The molecule has 1 heterocycles. The average molecular weight is 370 g/mol. The van der Waals surface area contributed by atoms with Gasteiger partial charge in [-0.3, -0.25) is 14.9 Å². The molecule has 138 valence electrons. The maximum atomic E-state index is 13.1. The van der Waals surface area contributed by atoms with Crippen LogP contribution in [0, 0.1) is 17.0 Å². The molecule has 1 atom stereocenters. The molecule has 28 heavy (non-hydrogen) atoms. The number of anilines is 1. The van der Waals surface area contributed by atoms with Crippen LogP contribution in [0.15, 0.2) is 85.1 Å². The van der Waals surface area contributed by atoms with Crippen molar-refractivity contribution in [1.82, 2.24) is 0 Å². The molecule has 3 aromatic carbocycles. The van der Waals surface area contributed by atoms with E-state index in [1.165, 1.54) is 17.7 Å². The Balaban J connectivity index is 1.76. The van der Waals surface area contributed by atoms with Gasteiger partial charge >= 0.3 is 0 Å². The van der Waals surface area contributed by atoms with Crippen LogP contribution in [0.5, 0.6) is 0 Å². The molecule has 5 heteroatoms. The molecule has 0 amide bonds. The van der Waals surface area contributed by atoms with Crippen molar-refractivity contribution in [3.63, 3.8) is 0 Å². The summed E-state index contributed by atoms with van der Waals surface area (Å²) in [6.07, 6.45) is 3.94. The monoisotopic (exact) mass is 370 g/mol. The van der Waals surface area contributed by atoms with Gasteiger partial charge in [0.2, 0.25) is 0 Å². The van der Waals surface area contributed by atoms with E-state index < -0.39 is 4.92 Å². The van der Waals surface area contributed by atoms with Gasteiger partial charge < -0.3 is 4.90 Å². The molecular weight excluding hydrogens is 352 g/mol. The Hall–Kier alpha value is -3.73. The van der Waals surface area contributed by atoms with Crippen LogP contribution in [0.4, 0.5) is 11.4 Å². The number of non-ortho nitro benzene ring substituents is 1. The second kappa shape index (κ2) is 7.12. The number of carbonyl (C=O) groups is 1. The van der Waals surface area contributed by atoms with Crippen molar-refractivity contribution in [3.05, 3.63) is 117 Å². The number of carbonyl (C=O) groups excluding carboxylic acids is 1. The van der Waals surface area contributed by atoms with E-state index in [0.29, 0.717) is 16.8 Å². The smallest absolute Gasteiger partial charge is 0.270 e. The average Bonchev–Trinajstić information content (AvgIpc) is 2.69. The SMILES string of the molecule is Cc1ccc(C2C=CN2c2ccc([N+](=O)[O-])cc2C(=O)c2ccccc2)cc1. The standard InChI is InChI=1S/C23H18N2O3/c1-16-7-9-17(10-8-16)21-13-14-24(21)22-12-11-19(25(27)28)15-20(22)23(26)18-5-3-2-4-6-18/h2-15,21H,1H3. The Labute approximate surface area is 162 Å². The van der Waals surface area contributed by atoms with Gasteiger partial charge in [-0.25, -0.2) is 0 Å². The molecule has 1 unspecified atom stereocenters. The largest absolute Gasteiger partial charge is 0.337 e. The summed E-state index contributed by atoms with van der Waals surface area (Å²) in [7, 11) is 0. The minimum absolute atomic E-state index is 0.00983. The second-order valence-corrected chi connectivity index (χ2v) is 6.76. The Morgan fingerprint density at radius 2 is 1.71 bits per heavy atom. The molecule has 0 aliphatic carbocycles. The summed E-state index contributed by atoms with van der Waals surface area (Å²) in [6.45, 7) is 2.03. The number of rotatable bonds is 5. The van der Waals surface area contributed by atoms with E-state index in [-0.39, 0.29) is 17.5 Å². The maximum absolute atomic E-state index is 13.1. The summed E-state index contributed by atoms with van der Waals surface area (Å²) in [4.78, 5) is 25.9. The van der Waals surface area contributed by atoms with Crippen LogP contribution in [0.3, 0.4) is 0 Å². The topological polar surface area (TPSA) is 63.4 Å². The number of nitro groups is 1. The molecule has 5 nitrogen and oxygen atoms in total. The van der Waals surface area contributed by atoms with Crippen LogP contribution < -0.4 is 4.90 Å². The van der Waals surface area contributed by atoms with Crippen LogP contribution in [0.1, 0.15) is 33.1 Å². The first-order valence-corrected chi connectivity index (χ1v) is 8.96. The Morgan fingerprint density at radius 3 is 2.32 bits per heavy atom. The molecule has 1 aliphatic heterocycles. The number of benzene rings is 3. The first-order chi connectivity index (χ1) is 13.5. The molecule has 0 saturated carbocycles. The zero-order valence-electron chi connectivity index (χ0n) is 15.3. The molecule has 4 rings (SSSR count). The van der Waals surface area contributed by atoms with Gasteiger partial charge in [0.15, 0.2) is 5.78 Å². The minimum atomic E-state index is -0.477. The zero-order chi connectivity index (χ0) is 19.7. The number of hydrogen-bond donors (Lipinski definition) is 0. The molecule has 0 N–H and O–H groups in total. The lowest BCUT2D eigenvalue weighted by molar-refractivity contribution is -0.384. The van der Waals surface area contributed by atoms with Gasteiger partial charge in [-0.2, -0.15) is 0 Å². The fraction of sp³-hybridized carbons (Fsp3) is 0.0870. The summed E-state index contributed by atoms with van der Waals surface area (Å²) < 4.78 is 0. The highest BCUT2D eigenvalue weighted by atomic mass is 16.6. The number of aryl methyl sites for hydroxylation is 1. The number of nitrogens with zero attached hydrogens (tertiary/aromatic N) is 2. The van der Waals surface area contributed by atoms with Crippen molar-refractivity contribution in [3.8, 4) is 0 Å². The summed E-state index contributed by atoms with van der Waals surface area (Å²) in [5.74, 6) is -0.234. The summed E-state index contributed by atoms with van der Waals surface area (Å²) in [5.41, 5.74) is 3.66. The first-order valence-electron chi connectivity index (χ1n) is 8.96. The Bertz CT molecular complexity index is 1070. The third kappa shape index (κ3) is 3.18. The third-order valence-electron chi connectivity index (χ3n) is 4.90. The number of nitro benzene ring substituents is 1. The van der Waals surface area contributed by atoms with E-state index in [9.17, 15) is 14.9 Å². The van der Waals surface area contributed by atoms with Crippen LogP contribution in [-0.4, -0.2) is 10.7 Å². The van der Waals surface area contributed by atoms with Crippen LogP contribution >= 0.6 is 0 Å². The van der Waals surface area contributed by atoms with Gasteiger partial charge in [-0.05, 0) is 24.6 Å². The molecule has 3 aromatic rings. The fourth-order valence-electron chi connectivity index (χ4n) is 3.31. The van der Waals surface area contributed by atoms with E-state index in [1.54, 1.807) is 30.3 Å². The molecule has 0 aromatic heterocycles. The van der Waals surface area contributed by atoms with Gasteiger partial charge in [0, 0.05) is 23.9 Å². The lowest BCUT2D eigenvalue weighted by atomic mass is 9.95. The molecule has 1 aliphatic rings. The highest BCUT2D eigenvalue weighted by molar-refractivity contribution is 6.13. The van der Waals surface area contributed by atoms with E-state index in [0.717, 1.165) is 5.56 Å². The van der Waals surface area contributed by atoms with Gasteiger partial charge in [-0.15, -0.1) is 0 Å². The summed E-state index contributed by atoms with van der Waals surface area (Å²) in [5, 5.41) is 11.3. The second-order valence-electron chi connectivity index (χ2n) is 6.76. The van der Waals surface area contributed by atoms with Crippen LogP contribution in [0.25, 0.3) is 0 Å². The fourth-order valence-corrected chi connectivity index (χ4v) is 3.31. The molecular formula is C23H18N2O3. The maximum Gasteiger partial charge on any atom is 0.270 e. The zero-order valence-corrected chi connectivity index (χ0v) is 15.3. The van der Waals surface area contributed by atoms with Crippen molar-refractivity contribution in [2.75, 3.05) is 4.90 Å². The van der Waals surface area contributed by atoms with Crippen molar-refractivity contribution in [2.24, 2.45) is 0 Å². The number of hydrogen-bond acceptors (Lipinski definition) is 4. The predicted octanol–water partition coefficient (Wildman–Crippen LogP) is 5.21. The van der Waals surface area contributed by atoms with Gasteiger partial charge in [0.25, 0.3) is 5.69 Å². The van der Waals surface area contributed by atoms with Crippen LogP contribution in [0.2, 0.25) is 0 Å². The van der Waals surface area contributed by atoms with E-state index in [4.69, 9.17) is 0 Å². The Morgan fingerprint density at radius 1 is 1.00 bits per heavy atom. The van der Waals surface area contributed by atoms with Crippen molar-refractivity contribution >= 4 is 17.2 Å². The van der Waals surface area contributed by atoms with Crippen LogP contribution in [-0.2, 0) is 0 Å². The van der Waals surface area contributed by atoms with E-state index >= 15 is 0 Å². The molecule has 0 spiro atoms. The van der Waals surface area contributed by atoms with E-state index in [2.05, 4.69) is 12.1 Å². The quantitative estimate of drug-likeness (QED) is 0.351. The molecule has 0 saturated heterocycles. The predicted molar refractivity (Wildman–Crippen MR) is 109 cm³/mol. The van der Waals surface area contributed by atoms with Crippen molar-refractivity contribution in [1.29, 1.82) is 0 Å². The Kier molecular flexibility index (Phi) is 4.49. The third-order valence-corrected chi connectivity index (χ3v) is 4.90. The van der Waals surface area contributed by atoms with Crippen molar-refractivity contribution in [2.45, 2.75) is 13.0 Å². The van der Waals surface area contributed by atoms with Gasteiger partial charge in [0.1, 0.15) is 0 Å². The highest BCUT2D eigenvalue weighted by Gasteiger charge is 2.28. The minimum Gasteiger partial charge on any atom is -0.337 e. The highest BCUT2D eigenvalue weighted by Crippen LogP contribution is 2.39. The van der Waals surface area contributed by atoms with Gasteiger partial charge in [-0.1, -0.05) is 60.2 Å². The molecule has 0 bridgehead atoms. The molecule has 0 radical (unpaired) electrons. The first kappa shape index (κ1) is 17.7.